The molecule has 1 N–H and O–H groups in total. The molecule has 4 aliphatic rings. The first-order valence-corrected chi connectivity index (χ1v) is 15.1. The third kappa shape index (κ3) is 3.88. The second kappa shape index (κ2) is 9.42. The van der Waals surface area contributed by atoms with Crippen LogP contribution in [-0.4, -0.2) is 43.4 Å². The monoisotopic (exact) mass is 545 g/mol. The lowest BCUT2D eigenvalue weighted by molar-refractivity contribution is -0.167. The van der Waals surface area contributed by atoms with E-state index in [1.165, 1.54) is 11.8 Å². The molecule has 4 aliphatic carbocycles. The van der Waals surface area contributed by atoms with Gasteiger partial charge in [-0.25, -0.2) is 4.98 Å². The van der Waals surface area contributed by atoms with Crippen molar-refractivity contribution in [2.75, 3.05) is 5.75 Å². The molecular weight excluding hydrogens is 510 g/mol. The fourth-order valence-electron chi connectivity index (χ4n) is 8.64. The number of para-hydroxylation sites is 2. The molecule has 0 amide bonds. The number of benzene rings is 1. The van der Waals surface area contributed by atoms with Gasteiger partial charge in [0.05, 0.1) is 29.3 Å². The maximum atomic E-state index is 13.9. The highest BCUT2D eigenvalue weighted by molar-refractivity contribution is 7.99. The van der Waals surface area contributed by atoms with Crippen LogP contribution < -0.4 is 0 Å². The number of nitrogens with zero attached hydrogens (tertiary/aromatic N) is 3. The minimum absolute atomic E-state index is 0.0592. The zero-order chi connectivity index (χ0) is 27.6. The Morgan fingerprint density at radius 3 is 2.79 bits per heavy atom. The van der Waals surface area contributed by atoms with E-state index in [9.17, 15) is 19.5 Å². The molecule has 0 saturated heterocycles. The average Bonchev–Trinajstić information content (AvgIpc) is 3.40. The zero-order valence-electron chi connectivity index (χ0n) is 22.6. The van der Waals surface area contributed by atoms with Crippen LogP contribution in [0.25, 0.3) is 11.0 Å². The summed E-state index contributed by atoms with van der Waals surface area (Å²) in [6, 6.07) is 9.89. The van der Waals surface area contributed by atoms with Crippen molar-refractivity contribution in [1.29, 1.82) is 5.26 Å². The topological polar surface area (TPSA) is 113 Å². The summed E-state index contributed by atoms with van der Waals surface area (Å²) in [6.45, 7) is 4.60. The van der Waals surface area contributed by atoms with Gasteiger partial charge < -0.3 is 9.67 Å². The molecular formula is C31H35N3O4S. The number of allylic oxidation sites excluding steroid dienone is 1. The Bertz CT molecular complexity index is 1460. The number of nitriles is 1. The average molecular weight is 546 g/mol. The Labute approximate surface area is 233 Å². The summed E-state index contributed by atoms with van der Waals surface area (Å²) in [5.74, 6) is 0.188. The van der Waals surface area contributed by atoms with Crippen LogP contribution in [-0.2, 0) is 20.9 Å². The second-order valence-electron chi connectivity index (χ2n) is 12.5. The molecule has 2 aromatic rings. The SMILES string of the molecule is CC12CCC(=O)C=C1CCC1C2C(=O)CC2(C)C1CC[C@]2(O)C(=O)CSc1nc2ccccc2n1CCC#N. The van der Waals surface area contributed by atoms with Crippen LogP contribution in [0.5, 0.6) is 0 Å². The molecule has 1 heterocycles. The number of aromatic nitrogens is 2. The highest BCUT2D eigenvalue weighted by Crippen LogP contribution is 2.66. The van der Waals surface area contributed by atoms with Crippen LogP contribution in [0.15, 0.2) is 41.1 Å². The van der Waals surface area contributed by atoms with E-state index >= 15 is 0 Å². The van der Waals surface area contributed by atoms with E-state index in [0.717, 1.165) is 35.9 Å². The number of carbonyl (C=O) groups is 3. The number of aryl methyl sites for hydroxylation is 1. The largest absolute Gasteiger partial charge is 0.381 e. The van der Waals surface area contributed by atoms with Crippen molar-refractivity contribution in [3.63, 3.8) is 0 Å². The molecule has 39 heavy (non-hydrogen) atoms. The minimum atomic E-state index is -1.56. The normalized spacial score (nSPS) is 35.6. The van der Waals surface area contributed by atoms with Gasteiger partial charge in [-0.2, -0.15) is 5.26 Å². The first-order valence-electron chi connectivity index (χ1n) is 14.1. The molecule has 6 rings (SSSR count). The number of aliphatic hydroxyl groups is 1. The van der Waals surface area contributed by atoms with E-state index in [1.54, 1.807) is 6.08 Å². The molecule has 8 heteroatoms. The molecule has 7 nitrogen and oxygen atoms in total. The van der Waals surface area contributed by atoms with E-state index in [0.29, 0.717) is 37.4 Å². The molecule has 1 aromatic heterocycles. The fraction of sp³-hybridized carbons (Fsp3) is 0.581. The molecule has 204 valence electrons. The van der Waals surface area contributed by atoms with Gasteiger partial charge in [-0.1, -0.05) is 43.3 Å². The number of carbonyl (C=O) groups excluding carboxylic acids is 3. The van der Waals surface area contributed by atoms with Crippen molar-refractivity contribution in [3.8, 4) is 6.07 Å². The predicted molar refractivity (Wildman–Crippen MR) is 148 cm³/mol. The van der Waals surface area contributed by atoms with Crippen LogP contribution >= 0.6 is 11.8 Å². The van der Waals surface area contributed by atoms with Crippen LogP contribution in [0.3, 0.4) is 0 Å². The Morgan fingerprint density at radius 2 is 2.00 bits per heavy atom. The first-order chi connectivity index (χ1) is 18.6. The molecule has 0 aliphatic heterocycles. The van der Waals surface area contributed by atoms with Crippen molar-refractivity contribution >= 4 is 40.1 Å². The molecule has 3 fully saturated rings. The number of ketones is 3. The molecule has 1 aromatic carbocycles. The third-order valence-corrected chi connectivity index (χ3v) is 11.6. The van der Waals surface area contributed by atoms with Gasteiger partial charge in [0.2, 0.25) is 0 Å². The number of rotatable bonds is 6. The number of Topliss-reactive ketones (excluding diaryl/α,β-unsaturated/α-hetero) is 2. The fourth-order valence-corrected chi connectivity index (χ4v) is 9.64. The smallest absolute Gasteiger partial charge is 0.175 e. The number of thioether (sulfide) groups is 1. The van der Waals surface area contributed by atoms with E-state index < -0.39 is 11.0 Å². The molecule has 0 bridgehead atoms. The maximum Gasteiger partial charge on any atom is 0.175 e. The van der Waals surface area contributed by atoms with Crippen molar-refractivity contribution in [2.45, 2.75) is 82.5 Å². The van der Waals surface area contributed by atoms with E-state index in [1.807, 2.05) is 35.8 Å². The molecule has 6 atom stereocenters. The highest BCUT2D eigenvalue weighted by Gasteiger charge is 2.68. The summed E-state index contributed by atoms with van der Waals surface area (Å²) in [5, 5.41) is 21.8. The van der Waals surface area contributed by atoms with Crippen LogP contribution in [0.1, 0.15) is 65.2 Å². The van der Waals surface area contributed by atoms with Crippen LogP contribution in [0.4, 0.5) is 0 Å². The standard InChI is InChI=1S/C31H35N3O4S/c1-29-12-10-20(35)16-19(29)8-9-21-22-11-13-31(38,30(22,2)17-25(36)27(21)29)26(37)18-39-28-33-23-6-3-4-7-24(23)34(28)15-5-14-32/h3-4,6-7,16,21-22,27,38H,5,8-13,15,17-18H2,1-2H3/t21?,22?,27?,29?,30?,31-/m0/s1. The third-order valence-electron chi connectivity index (χ3n) is 10.7. The van der Waals surface area contributed by atoms with Gasteiger partial charge in [0, 0.05) is 30.7 Å². The predicted octanol–water partition coefficient (Wildman–Crippen LogP) is 5.05. The molecule has 0 radical (unpaired) electrons. The lowest BCUT2D eigenvalue weighted by Crippen LogP contribution is -2.60. The van der Waals surface area contributed by atoms with Crippen molar-refractivity contribution in [3.05, 3.63) is 35.9 Å². The van der Waals surface area contributed by atoms with Gasteiger partial charge in [-0.15, -0.1) is 0 Å². The molecule has 5 unspecified atom stereocenters. The Kier molecular flexibility index (Phi) is 6.39. The summed E-state index contributed by atoms with van der Waals surface area (Å²) in [4.78, 5) is 44.5. The van der Waals surface area contributed by atoms with E-state index in [4.69, 9.17) is 10.2 Å². The van der Waals surface area contributed by atoms with Crippen LogP contribution in [0.2, 0.25) is 0 Å². The van der Waals surface area contributed by atoms with E-state index in [-0.39, 0.29) is 52.7 Å². The summed E-state index contributed by atoms with van der Waals surface area (Å²) < 4.78 is 1.97. The van der Waals surface area contributed by atoms with Gasteiger partial charge in [0.15, 0.2) is 16.7 Å². The lowest BCUT2D eigenvalue weighted by Gasteiger charge is -2.57. The van der Waals surface area contributed by atoms with Crippen molar-refractivity contribution < 1.29 is 19.5 Å². The minimum Gasteiger partial charge on any atom is -0.381 e. The number of imidazole rings is 1. The van der Waals surface area contributed by atoms with E-state index in [2.05, 4.69) is 13.0 Å². The summed E-state index contributed by atoms with van der Waals surface area (Å²) >= 11 is 1.30. The quantitative estimate of drug-likeness (QED) is 0.505. The van der Waals surface area contributed by atoms with Crippen molar-refractivity contribution in [1.82, 2.24) is 9.55 Å². The summed E-state index contributed by atoms with van der Waals surface area (Å²) in [7, 11) is 0. The van der Waals surface area contributed by atoms with Crippen molar-refractivity contribution in [2.24, 2.45) is 28.6 Å². The Balaban J connectivity index is 1.25. The number of hydrogen-bond donors (Lipinski definition) is 1. The number of hydrogen-bond acceptors (Lipinski definition) is 7. The zero-order valence-corrected chi connectivity index (χ0v) is 23.4. The summed E-state index contributed by atoms with van der Waals surface area (Å²) in [5.41, 5.74) is 0.196. The molecule has 0 spiro atoms. The van der Waals surface area contributed by atoms with Gasteiger partial charge in [0.25, 0.3) is 0 Å². The van der Waals surface area contributed by atoms with Crippen LogP contribution in [0, 0.1) is 39.9 Å². The Hall–Kier alpha value is -2.76. The van der Waals surface area contributed by atoms with Gasteiger partial charge in [-0.05, 0) is 67.6 Å². The second-order valence-corrected chi connectivity index (χ2v) is 13.4. The van der Waals surface area contributed by atoms with Gasteiger partial charge in [-0.3, -0.25) is 14.4 Å². The number of fused-ring (bicyclic) bond motifs is 6. The summed E-state index contributed by atoms with van der Waals surface area (Å²) in [6.07, 6.45) is 6.24. The molecule has 3 saturated carbocycles. The Morgan fingerprint density at radius 1 is 1.21 bits per heavy atom. The lowest BCUT2D eigenvalue weighted by atomic mass is 9.46. The van der Waals surface area contributed by atoms with Gasteiger partial charge in [0.1, 0.15) is 11.4 Å². The van der Waals surface area contributed by atoms with Gasteiger partial charge >= 0.3 is 0 Å². The first kappa shape index (κ1) is 26.5. The maximum absolute atomic E-state index is 13.9. The highest BCUT2D eigenvalue weighted by atomic mass is 32.2.